The number of aliphatic hydroxyl groups excluding tert-OH is 1. The van der Waals surface area contributed by atoms with Crippen LogP contribution in [0.15, 0.2) is 24.3 Å². The molecule has 132 valence electrons. The van der Waals surface area contributed by atoms with Crippen LogP contribution in [-0.2, 0) is 16.0 Å². The summed E-state index contributed by atoms with van der Waals surface area (Å²) in [6.07, 6.45) is 7.00. The van der Waals surface area contributed by atoms with E-state index in [1.54, 1.807) is 7.11 Å². The first-order valence-electron chi connectivity index (χ1n) is 8.37. The van der Waals surface area contributed by atoms with Crippen molar-refractivity contribution >= 4 is 0 Å². The van der Waals surface area contributed by atoms with Crippen LogP contribution in [0.4, 0.5) is 0 Å². The number of nitrogens with zero attached hydrogens (tertiary/aromatic N) is 1. The van der Waals surface area contributed by atoms with Gasteiger partial charge in [-0.2, -0.15) is 0 Å². The SMILES string of the molecule is C#CCOC[C@@H](O)CN(Cc1ccc(OC)cc1)C[C@@H]1CCCO1. The van der Waals surface area contributed by atoms with E-state index >= 15 is 0 Å². The summed E-state index contributed by atoms with van der Waals surface area (Å²) in [5, 5.41) is 10.2. The van der Waals surface area contributed by atoms with Crippen LogP contribution in [0.1, 0.15) is 18.4 Å². The van der Waals surface area contributed by atoms with E-state index < -0.39 is 6.10 Å². The van der Waals surface area contributed by atoms with Gasteiger partial charge in [0.15, 0.2) is 0 Å². The molecule has 1 aromatic rings. The largest absolute Gasteiger partial charge is 0.497 e. The average molecular weight is 333 g/mol. The highest BCUT2D eigenvalue weighted by Gasteiger charge is 2.21. The topological polar surface area (TPSA) is 51.2 Å². The zero-order chi connectivity index (χ0) is 17.2. The fourth-order valence-electron chi connectivity index (χ4n) is 2.87. The van der Waals surface area contributed by atoms with Gasteiger partial charge in [0.1, 0.15) is 12.4 Å². The van der Waals surface area contributed by atoms with Gasteiger partial charge in [-0.05, 0) is 30.5 Å². The normalized spacial score (nSPS) is 18.5. The zero-order valence-corrected chi connectivity index (χ0v) is 14.3. The van der Waals surface area contributed by atoms with Gasteiger partial charge in [-0.3, -0.25) is 4.90 Å². The number of benzene rings is 1. The zero-order valence-electron chi connectivity index (χ0n) is 14.3. The molecule has 1 aliphatic rings. The van der Waals surface area contributed by atoms with E-state index in [0.29, 0.717) is 6.54 Å². The van der Waals surface area contributed by atoms with Crippen LogP contribution >= 0.6 is 0 Å². The molecule has 0 saturated carbocycles. The highest BCUT2D eigenvalue weighted by molar-refractivity contribution is 5.27. The summed E-state index contributed by atoms with van der Waals surface area (Å²) in [7, 11) is 1.66. The molecule has 1 saturated heterocycles. The van der Waals surface area contributed by atoms with Crippen molar-refractivity contribution in [1.29, 1.82) is 0 Å². The van der Waals surface area contributed by atoms with Gasteiger partial charge in [0.25, 0.3) is 0 Å². The van der Waals surface area contributed by atoms with Crippen LogP contribution in [0.25, 0.3) is 0 Å². The molecule has 2 atom stereocenters. The molecule has 5 nitrogen and oxygen atoms in total. The second-order valence-corrected chi connectivity index (χ2v) is 6.05. The average Bonchev–Trinajstić information content (AvgIpc) is 3.08. The molecule has 0 spiro atoms. The molecule has 0 radical (unpaired) electrons. The predicted octanol–water partition coefficient (Wildman–Crippen LogP) is 1.69. The molecule has 1 aliphatic heterocycles. The minimum absolute atomic E-state index is 0.223. The quantitative estimate of drug-likeness (QED) is 0.522. The van der Waals surface area contributed by atoms with E-state index in [0.717, 1.165) is 38.3 Å². The summed E-state index contributed by atoms with van der Waals surface area (Å²) >= 11 is 0. The third-order valence-electron chi connectivity index (χ3n) is 4.02. The summed E-state index contributed by atoms with van der Waals surface area (Å²) in [5.41, 5.74) is 1.17. The van der Waals surface area contributed by atoms with Gasteiger partial charge in [0.05, 0.1) is 25.9 Å². The number of hydrogen-bond acceptors (Lipinski definition) is 5. The Morgan fingerprint density at radius 1 is 1.42 bits per heavy atom. The van der Waals surface area contributed by atoms with Gasteiger partial charge in [0, 0.05) is 26.2 Å². The maximum absolute atomic E-state index is 10.2. The summed E-state index contributed by atoms with van der Waals surface area (Å²) in [5.74, 6) is 3.25. The van der Waals surface area contributed by atoms with E-state index in [2.05, 4.69) is 10.8 Å². The summed E-state index contributed by atoms with van der Waals surface area (Å²) in [4.78, 5) is 2.21. The monoisotopic (exact) mass is 333 g/mol. The van der Waals surface area contributed by atoms with Crippen LogP contribution < -0.4 is 4.74 Å². The van der Waals surface area contributed by atoms with Crippen molar-refractivity contribution in [1.82, 2.24) is 4.90 Å². The van der Waals surface area contributed by atoms with E-state index in [-0.39, 0.29) is 19.3 Å². The summed E-state index contributed by atoms with van der Waals surface area (Å²) in [6.45, 7) is 3.37. The Morgan fingerprint density at radius 3 is 2.83 bits per heavy atom. The summed E-state index contributed by atoms with van der Waals surface area (Å²) < 4.78 is 16.2. The van der Waals surface area contributed by atoms with Crippen LogP contribution in [-0.4, -0.2) is 62.2 Å². The van der Waals surface area contributed by atoms with Crippen LogP contribution in [0.3, 0.4) is 0 Å². The van der Waals surface area contributed by atoms with E-state index in [1.807, 2.05) is 24.3 Å². The first-order valence-corrected chi connectivity index (χ1v) is 8.37. The Morgan fingerprint density at radius 2 is 2.21 bits per heavy atom. The number of hydrogen-bond donors (Lipinski definition) is 1. The first-order chi connectivity index (χ1) is 11.7. The van der Waals surface area contributed by atoms with Crippen molar-refractivity contribution in [3.8, 4) is 18.1 Å². The highest BCUT2D eigenvalue weighted by Crippen LogP contribution is 2.17. The minimum Gasteiger partial charge on any atom is -0.497 e. The fourth-order valence-corrected chi connectivity index (χ4v) is 2.87. The van der Waals surface area contributed by atoms with E-state index in [4.69, 9.17) is 20.6 Å². The van der Waals surface area contributed by atoms with Crippen molar-refractivity contribution < 1.29 is 19.3 Å². The lowest BCUT2D eigenvalue weighted by molar-refractivity contribution is 0.00955. The van der Waals surface area contributed by atoms with Crippen molar-refractivity contribution in [3.05, 3.63) is 29.8 Å². The maximum Gasteiger partial charge on any atom is 0.118 e. The molecule has 2 rings (SSSR count). The van der Waals surface area contributed by atoms with Gasteiger partial charge in [-0.1, -0.05) is 18.1 Å². The second kappa shape index (κ2) is 10.3. The smallest absolute Gasteiger partial charge is 0.118 e. The van der Waals surface area contributed by atoms with Crippen LogP contribution in [0.2, 0.25) is 0 Å². The standard InChI is InChI=1S/C19H27NO4/c1-3-10-23-15-17(21)13-20(14-19-5-4-11-24-19)12-16-6-8-18(22-2)9-7-16/h1,6-9,17,19,21H,4-5,10-15H2,2H3/t17-,19-/m0/s1. The molecule has 1 aromatic carbocycles. The Kier molecular flexibility index (Phi) is 8.06. The van der Waals surface area contributed by atoms with Crippen LogP contribution in [0, 0.1) is 12.3 Å². The molecule has 1 heterocycles. The molecular formula is C19H27NO4. The molecule has 0 bridgehead atoms. The number of methoxy groups -OCH3 is 1. The van der Waals surface area contributed by atoms with Gasteiger partial charge in [0.2, 0.25) is 0 Å². The first kappa shape index (κ1) is 18.8. The third-order valence-corrected chi connectivity index (χ3v) is 4.02. The summed E-state index contributed by atoms with van der Waals surface area (Å²) in [6, 6.07) is 7.99. The molecule has 0 aromatic heterocycles. The number of terminal acetylenes is 1. The van der Waals surface area contributed by atoms with E-state index in [9.17, 15) is 5.11 Å². The molecule has 0 amide bonds. The molecular weight excluding hydrogens is 306 g/mol. The Balaban J connectivity index is 1.91. The van der Waals surface area contributed by atoms with Gasteiger partial charge in [-0.25, -0.2) is 0 Å². The predicted molar refractivity (Wildman–Crippen MR) is 92.9 cm³/mol. The van der Waals surface area contributed by atoms with Crippen molar-refractivity contribution in [3.63, 3.8) is 0 Å². The number of aliphatic hydroxyl groups is 1. The highest BCUT2D eigenvalue weighted by atomic mass is 16.5. The van der Waals surface area contributed by atoms with Gasteiger partial charge < -0.3 is 19.3 Å². The Hall–Kier alpha value is -1.58. The molecule has 1 fully saturated rings. The fraction of sp³-hybridized carbons (Fsp3) is 0.579. The number of rotatable bonds is 10. The second-order valence-electron chi connectivity index (χ2n) is 6.05. The van der Waals surface area contributed by atoms with E-state index in [1.165, 1.54) is 5.56 Å². The van der Waals surface area contributed by atoms with Gasteiger partial charge >= 0.3 is 0 Å². The molecule has 1 N–H and O–H groups in total. The minimum atomic E-state index is -0.571. The molecule has 0 aliphatic carbocycles. The molecule has 5 heteroatoms. The third kappa shape index (κ3) is 6.50. The van der Waals surface area contributed by atoms with Crippen LogP contribution in [0.5, 0.6) is 5.75 Å². The molecule has 0 unspecified atom stereocenters. The lowest BCUT2D eigenvalue weighted by Crippen LogP contribution is -2.39. The van der Waals surface area contributed by atoms with Crippen molar-refractivity contribution in [2.75, 3.05) is 40.0 Å². The lowest BCUT2D eigenvalue weighted by Gasteiger charge is -2.27. The van der Waals surface area contributed by atoms with Crippen molar-refractivity contribution in [2.45, 2.75) is 31.6 Å². The Bertz CT molecular complexity index is 505. The lowest BCUT2D eigenvalue weighted by atomic mass is 10.1. The molecule has 24 heavy (non-hydrogen) atoms. The number of ether oxygens (including phenoxy) is 3. The maximum atomic E-state index is 10.2. The Labute approximate surface area is 144 Å². The van der Waals surface area contributed by atoms with Gasteiger partial charge in [-0.15, -0.1) is 6.42 Å². The van der Waals surface area contributed by atoms with Crippen molar-refractivity contribution in [2.24, 2.45) is 0 Å².